The number of rotatable bonds is 4. The number of hydrogen-bond acceptors (Lipinski definition) is 5. The third-order valence-corrected chi connectivity index (χ3v) is 4.26. The number of nitrogens with two attached hydrogens (primary N) is 1. The van der Waals surface area contributed by atoms with Crippen LogP contribution in [0.4, 0.5) is 5.69 Å². The van der Waals surface area contributed by atoms with Crippen LogP contribution >= 0.6 is 0 Å². The summed E-state index contributed by atoms with van der Waals surface area (Å²) in [5, 5.41) is 21.4. The Morgan fingerprint density at radius 3 is 2.52 bits per heavy atom. The second-order valence-corrected chi connectivity index (χ2v) is 6.79. The van der Waals surface area contributed by atoms with Crippen LogP contribution in [0.2, 0.25) is 0 Å². The standard InChI is InChI=1S/C14H18N4O4S/c1-8-6-9(2)18(17-8)10(3)14(20)16-11-4-5-12(19)13(7-11)23(15,21)22/h4-7,10,19H,1-3H3,(H,16,20)(H2,15,21,22)/t10-/m1/s1. The summed E-state index contributed by atoms with van der Waals surface area (Å²) in [6, 6.07) is 4.91. The predicted molar refractivity (Wildman–Crippen MR) is 84.5 cm³/mol. The quantitative estimate of drug-likeness (QED) is 0.718. The number of carbonyl (C=O) groups excluding carboxylic acids is 1. The average Bonchev–Trinajstić information content (AvgIpc) is 2.77. The first-order chi connectivity index (χ1) is 10.6. The summed E-state index contributed by atoms with van der Waals surface area (Å²) >= 11 is 0. The van der Waals surface area contributed by atoms with Gasteiger partial charge in [-0.3, -0.25) is 9.48 Å². The van der Waals surface area contributed by atoms with Gasteiger partial charge in [-0.2, -0.15) is 5.10 Å². The highest BCUT2D eigenvalue weighted by molar-refractivity contribution is 7.89. The Balaban J connectivity index is 2.25. The Morgan fingerprint density at radius 1 is 1.35 bits per heavy atom. The Hall–Kier alpha value is -2.39. The van der Waals surface area contributed by atoms with Crippen LogP contribution in [-0.4, -0.2) is 29.2 Å². The van der Waals surface area contributed by atoms with E-state index in [1.807, 2.05) is 19.9 Å². The maximum Gasteiger partial charge on any atom is 0.248 e. The van der Waals surface area contributed by atoms with E-state index in [-0.39, 0.29) is 11.6 Å². The van der Waals surface area contributed by atoms with E-state index in [1.54, 1.807) is 11.6 Å². The number of sulfonamides is 1. The third-order valence-electron chi connectivity index (χ3n) is 3.32. The number of hydrogen-bond donors (Lipinski definition) is 3. The van der Waals surface area contributed by atoms with Gasteiger partial charge in [0.05, 0.1) is 5.69 Å². The van der Waals surface area contributed by atoms with Gasteiger partial charge in [-0.1, -0.05) is 0 Å². The van der Waals surface area contributed by atoms with E-state index in [9.17, 15) is 18.3 Å². The molecule has 1 atom stereocenters. The van der Waals surface area contributed by atoms with Crippen molar-refractivity contribution in [3.63, 3.8) is 0 Å². The molecule has 0 unspecified atom stereocenters. The SMILES string of the molecule is Cc1cc(C)n([C@H](C)C(=O)Nc2ccc(O)c(S(N)(=O)=O)c2)n1. The molecule has 2 aromatic rings. The molecule has 0 aliphatic carbocycles. The largest absolute Gasteiger partial charge is 0.507 e. The molecule has 23 heavy (non-hydrogen) atoms. The molecule has 1 amide bonds. The second kappa shape index (κ2) is 6.01. The van der Waals surface area contributed by atoms with Crippen molar-refractivity contribution in [3.05, 3.63) is 35.7 Å². The van der Waals surface area contributed by atoms with Gasteiger partial charge < -0.3 is 10.4 Å². The lowest BCUT2D eigenvalue weighted by molar-refractivity contribution is -0.119. The van der Waals surface area contributed by atoms with Crippen LogP contribution in [0.5, 0.6) is 5.75 Å². The van der Waals surface area contributed by atoms with Gasteiger partial charge in [0.1, 0.15) is 16.7 Å². The summed E-state index contributed by atoms with van der Waals surface area (Å²) < 4.78 is 24.3. The van der Waals surface area contributed by atoms with Gasteiger partial charge in [-0.15, -0.1) is 0 Å². The lowest BCUT2D eigenvalue weighted by Crippen LogP contribution is -2.25. The van der Waals surface area contributed by atoms with Gasteiger partial charge >= 0.3 is 0 Å². The second-order valence-electron chi connectivity index (χ2n) is 5.26. The Morgan fingerprint density at radius 2 is 2.00 bits per heavy atom. The average molecular weight is 338 g/mol. The van der Waals surface area contributed by atoms with Crippen LogP contribution in [0.3, 0.4) is 0 Å². The van der Waals surface area contributed by atoms with E-state index >= 15 is 0 Å². The minimum absolute atomic E-state index is 0.213. The number of aryl methyl sites for hydroxylation is 2. The smallest absolute Gasteiger partial charge is 0.248 e. The molecule has 1 aromatic heterocycles. The Bertz CT molecular complexity index is 858. The van der Waals surface area contributed by atoms with Crippen molar-refractivity contribution in [2.75, 3.05) is 5.32 Å². The highest BCUT2D eigenvalue weighted by atomic mass is 32.2. The Kier molecular flexibility index (Phi) is 4.44. The molecule has 0 aliphatic rings. The number of amides is 1. The molecule has 124 valence electrons. The predicted octanol–water partition coefficient (Wildman–Crippen LogP) is 1.05. The minimum Gasteiger partial charge on any atom is -0.507 e. The molecule has 2 rings (SSSR count). The monoisotopic (exact) mass is 338 g/mol. The first-order valence-corrected chi connectivity index (χ1v) is 8.33. The van der Waals surface area contributed by atoms with Gasteiger partial charge in [-0.25, -0.2) is 13.6 Å². The summed E-state index contributed by atoms with van der Waals surface area (Å²) in [6.45, 7) is 5.34. The number of aromatic hydroxyl groups is 1. The van der Waals surface area contributed by atoms with Gasteiger partial charge in [-0.05, 0) is 45.0 Å². The number of primary sulfonamides is 1. The number of phenolic OH excluding ortho intramolecular Hbond substituents is 1. The molecule has 1 heterocycles. The molecule has 9 heteroatoms. The molecular formula is C14H18N4O4S. The van der Waals surface area contributed by atoms with Crippen molar-refractivity contribution in [2.24, 2.45) is 5.14 Å². The normalized spacial score (nSPS) is 12.9. The van der Waals surface area contributed by atoms with Crippen molar-refractivity contribution in [1.29, 1.82) is 0 Å². The molecule has 0 bridgehead atoms. The highest BCUT2D eigenvalue weighted by Crippen LogP contribution is 2.25. The fraction of sp³-hybridized carbons (Fsp3) is 0.286. The number of carbonyl (C=O) groups is 1. The topological polar surface area (TPSA) is 127 Å². The molecule has 1 aromatic carbocycles. The number of phenols is 1. The number of nitrogens with one attached hydrogen (secondary N) is 1. The lowest BCUT2D eigenvalue weighted by Gasteiger charge is -2.15. The molecule has 0 spiro atoms. The van der Waals surface area contributed by atoms with Crippen molar-refractivity contribution in [3.8, 4) is 5.75 Å². The van der Waals surface area contributed by atoms with Crippen LogP contribution in [-0.2, 0) is 14.8 Å². The van der Waals surface area contributed by atoms with Crippen LogP contribution in [0, 0.1) is 13.8 Å². The molecule has 8 nitrogen and oxygen atoms in total. The zero-order chi connectivity index (χ0) is 17.4. The molecule has 0 radical (unpaired) electrons. The van der Waals surface area contributed by atoms with Gasteiger partial charge in [0.25, 0.3) is 0 Å². The minimum atomic E-state index is -4.09. The fourth-order valence-electron chi connectivity index (χ4n) is 2.22. The number of aromatic nitrogens is 2. The molecule has 0 fully saturated rings. The summed E-state index contributed by atoms with van der Waals surface area (Å²) in [4.78, 5) is 11.9. The molecular weight excluding hydrogens is 320 g/mol. The zero-order valence-corrected chi connectivity index (χ0v) is 13.8. The summed E-state index contributed by atoms with van der Waals surface area (Å²) in [6.07, 6.45) is 0. The van der Waals surface area contributed by atoms with Crippen molar-refractivity contribution in [2.45, 2.75) is 31.7 Å². The fourth-order valence-corrected chi connectivity index (χ4v) is 2.87. The van der Waals surface area contributed by atoms with E-state index in [1.165, 1.54) is 6.07 Å². The van der Waals surface area contributed by atoms with Crippen LogP contribution in [0.25, 0.3) is 0 Å². The van der Waals surface area contributed by atoms with Gasteiger partial charge in [0.15, 0.2) is 0 Å². The summed E-state index contributed by atoms with van der Waals surface area (Å²) in [7, 11) is -4.09. The van der Waals surface area contributed by atoms with E-state index in [0.29, 0.717) is 0 Å². The van der Waals surface area contributed by atoms with Crippen LogP contribution in [0.1, 0.15) is 24.4 Å². The highest BCUT2D eigenvalue weighted by Gasteiger charge is 2.20. The number of nitrogens with zero attached hydrogens (tertiary/aromatic N) is 2. The summed E-state index contributed by atoms with van der Waals surface area (Å²) in [5.74, 6) is -0.848. The molecule has 0 saturated carbocycles. The van der Waals surface area contributed by atoms with E-state index in [0.717, 1.165) is 23.5 Å². The van der Waals surface area contributed by atoms with E-state index in [2.05, 4.69) is 10.4 Å². The number of anilines is 1. The first-order valence-electron chi connectivity index (χ1n) is 6.79. The third kappa shape index (κ3) is 3.69. The van der Waals surface area contributed by atoms with Gasteiger partial charge in [0.2, 0.25) is 15.9 Å². The van der Waals surface area contributed by atoms with E-state index in [4.69, 9.17) is 5.14 Å². The molecule has 4 N–H and O–H groups in total. The Labute approximate surface area is 134 Å². The van der Waals surface area contributed by atoms with Crippen LogP contribution in [0.15, 0.2) is 29.2 Å². The van der Waals surface area contributed by atoms with E-state index < -0.39 is 26.7 Å². The van der Waals surface area contributed by atoms with Crippen molar-refractivity contribution >= 4 is 21.6 Å². The van der Waals surface area contributed by atoms with Crippen molar-refractivity contribution < 1.29 is 18.3 Å². The van der Waals surface area contributed by atoms with Gasteiger partial charge in [0, 0.05) is 11.4 Å². The maximum atomic E-state index is 12.3. The molecule has 0 aliphatic heterocycles. The molecule has 0 saturated heterocycles. The maximum absolute atomic E-state index is 12.3. The van der Waals surface area contributed by atoms with Crippen molar-refractivity contribution in [1.82, 2.24) is 9.78 Å². The zero-order valence-electron chi connectivity index (χ0n) is 12.9. The lowest BCUT2D eigenvalue weighted by atomic mass is 10.2. The number of benzene rings is 1. The van der Waals surface area contributed by atoms with Crippen LogP contribution < -0.4 is 10.5 Å². The first kappa shape index (κ1) is 17.0. The summed E-state index contributed by atoms with van der Waals surface area (Å²) in [5.41, 5.74) is 1.84.